The quantitative estimate of drug-likeness (QED) is 0.668. The lowest BCUT2D eigenvalue weighted by Gasteiger charge is -2.12. The van der Waals surface area contributed by atoms with Crippen LogP contribution >= 0.6 is 0 Å². The summed E-state index contributed by atoms with van der Waals surface area (Å²) >= 11 is 0. The summed E-state index contributed by atoms with van der Waals surface area (Å²) in [7, 11) is 1.40. The third kappa shape index (κ3) is 5.05. The number of carbonyl (C=O) groups is 1. The fraction of sp³-hybridized carbons (Fsp3) is 0.524. The fourth-order valence-corrected chi connectivity index (χ4v) is 4.55. The topological polar surface area (TPSA) is 84.3 Å². The molecule has 1 N–H and O–H groups in total. The second kappa shape index (κ2) is 9.09. The highest BCUT2D eigenvalue weighted by Gasteiger charge is 2.19. The number of hydrogen-bond acceptors (Lipinski definition) is 4. The Balaban J connectivity index is 1.60. The van der Waals surface area contributed by atoms with Gasteiger partial charge < -0.3 is 9.88 Å². The molecule has 0 radical (unpaired) electrons. The molecular formula is C21H30N4O3S. The van der Waals surface area contributed by atoms with Crippen LogP contribution in [-0.4, -0.2) is 48.8 Å². The molecule has 1 aliphatic carbocycles. The van der Waals surface area contributed by atoms with Crippen molar-refractivity contribution >= 4 is 27.0 Å². The number of aryl methyl sites for hydroxylation is 2. The van der Waals surface area contributed by atoms with E-state index in [1.807, 2.05) is 11.6 Å². The van der Waals surface area contributed by atoms with Crippen molar-refractivity contribution in [1.29, 1.82) is 0 Å². The Labute approximate surface area is 172 Å². The summed E-state index contributed by atoms with van der Waals surface area (Å²) in [5, 5.41) is 2.99. The Morgan fingerprint density at radius 1 is 1.24 bits per heavy atom. The van der Waals surface area contributed by atoms with Crippen LogP contribution in [0.5, 0.6) is 0 Å². The summed E-state index contributed by atoms with van der Waals surface area (Å²) in [6, 6.07) is 4.95. The van der Waals surface area contributed by atoms with Crippen molar-refractivity contribution in [2.75, 3.05) is 20.6 Å². The zero-order valence-corrected chi connectivity index (χ0v) is 18.3. The first-order chi connectivity index (χ1) is 13.8. The number of imidazole rings is 1. The van der Waals surface area contributed by atoms with Crippen molar-refractivity contribution in [2.24, 2.45) is 7.05 Å². The van der Waals surface area contributed by atoms with Gasteiger partial charge in [0, 0.05) is 40.5 Å². The normalized spacial score (nSPS) is 15.0. The summed E-state index contributed by atoms with van der Waals surface area (Å²) in [6.07, 6.45) is 8.95. The molecule has 0 atom stereocenters. The van der Waals surface area contributed by atoms with E-state index in [9.17, 15) is 13.2 Å². The molecule has 0 spiro atoms. The van der Waals surface area contributed by atoms with Crippen molar-refractivity contribution in [3.63, 3.8) is 0 Å². The standard InChI is InChI=1S/C21H30N4O3S/c1-24(2)29(27,28)17-9-10-19-18(15-17)23-20(25(19)3)11-12-21(26)22-14-13-16-7-5-4-6-8-16/h7,9-10,15H,4-6,8,11-14H2,1-3H3,(H,22,26). The summed E-state index contributed by atoms with van der Waals surface area (Å²) < 4.78 is 27.8. The molecule has 0 fully saturated rings. The minimum atomic E-state index is -3.50. The number of amides is 1. The molecule has 8 heteroatoms. The molecule has 0 saturated carbocycles. The molecule has 1 aromatic heterocycles. The van der Waals surface area contributed by atoms with Crippen LogP contribution in [0.25, 0.3) is 11.0 Å². The van der Waals surface area contributed by atoms with Crippen LogP contribution in [0.1, 0.15) is 44.3 Å². The van der Waals surface area contributed by atoms with Gasteiger partial charge in [-0.3, -0.25) is 4.79 Å². The highest BCUT2D eigenvalue weighted by atomic mass is 32.2. The first kappa shape index (κ1) is 21.5. The van der Waals surface area contributed by atoms with E-state index in [-0.39, 0.29) is 10.8 Å². The minimum Gasteiger partial charge on any atom is -0.356 e. The van der Waals surface area contributed by atoms with Gasteiger partial charge in [-0.2, -0.15) is 0 Å². The van der Waals surface area contributed by atoms with Gasteiger partial charge >= 0.3 is 0 Å². The zero-order valence-electron chi connectivity index (χ0n) is 17.4. The molecule has 1 amide bonds. The maximum Gasteiger partial charge on any atom is 0.242 e. The Morgan fingerprint density at radius 3 is 2.72 bits per heavy atom. The lowest BCUT2D eigenvalue weighted by molar-refractivity contribution is -0.121. The van der Waals surface area contributed by atoms with E-state index >= 15 is 0 Å². The van der Waals surface area contributed by atoms with E-state index < -0.39 is 10.0 Å². The highest BCUT2D eigenvalue weighted by molar-refractivity contribution is 7.89. The largest absolute Gasteiger partial charge is 0.356 e. The number of carbonyl (C=O) groups excluding carboxylic acids is 1. The molecule has 0 saturated heterocycles. The van der Waals surface area contributed by atoms with Crippen LogP contribution in [-0.2, 0) is 28.3 Å². The molecule has 158 valence electrons. The number of nitrogens with zero attached hydrogens (tertiary/aromatic N) is 3. The summed E-state index contributed by atoms with van der Waals surface area (Å²) in [6.45, 7) is 0.680. The first-order valence-corrected chi connectivity index (χ1v) is 11.6. The van der Waals surface area contributed by atoms with Gasteiger partial charge in [0.2, 0.25) is 15.9 Å². The predicted molar refractivity (Wildman–Crippen MR) is 114 cm³/mol. The molecule has 0 bridgehead atoms. The number of nitrogens with one attached hydrogen (secondary N) is 1. The molecule has 2 aromatic rings. The SMILES string of the molecule is CN(C)S(=O)(=O)c1ccc2c(c1)nc(CCC(=O)NCCC1=CCCCC1)n2C. The summed E-state index contributed by atoms with van der Waals surface area (Å²) in [4.78, 5) is 17.0. The van der Waals surface area contributed by atoms with E-state index in [0.29, 0.717) is 24.9 Å². The van der Waals surface area contributed by atoms with Gasteiger partial charge in [-0.1, -0.05) is 11.6 Å². The monoisotopic (exact) mass is 418 g/mol. The Bertz CT molecular complexity index is 1020. The Hall–Kier alpha value is -2.19. The minimum absolute atomic E-state index is 0.0179. The molecule has 1 heterocycles. The van der Waals surface area contributed by atoms with Gasteiger partial charge in [-0.15, -0.1) is 0 Å². The van der Waals surface area contributed by atoms with Crippen LogP contribution in [0.2, 0.25) is 0 Å². The van der Waals surface area contributed by atoms with Crippen molar-refractivity contribution in [2.45, 2.75) is 49.8 Å². The van der Waals surface area contributed by atoms with Crippen molar-refractivity contribution < 1.29 is 13.2 Å². The predicted octanol–water partition coefficient (Wildman–Crippen LogP) is 2.76. The first-order valence-electron chi connectivity index (χ1n) is 10.1. The third-order valence-electron chi connectivity index (χ3n) is 5.45. The van der Waals surface area contributed by atoms with Crippen molar-refractivity contribution in [1.82, 2.24) is 19.2 Å². The molecule has 0 aliphatic heterocycles. The molecule has 3 rings (SSSR count). The molecule has 29 heavy (non-hydrogen) atoms. The van der Waals surface area contributed by atoms with Gasteiger partial charge in [-0.05, 0) is 50.3 Å². The van der Waals surface area contributed by atoms with Crippen molar-refractivity contribution in [3.05, 3.63) is 35.7 Å². The molecule has 7 nitrogen and oxygen atoms in total. The Kier molecular flexibility index (Phi) is 6.74. The molecule has 1 aromatic carbocycles. The second-order valence-electron chi connectivity index (χ2n) is 7.73. The van der Waals surface area contributed by atoms with Crippen LogP contribution in [0, 0.1) is 0 Å². The number of aromatic nitrogens is 2. The lowest BCUT2D eigenvalue weighted by Crippen LogP contribution is -2.25. The van der Waals surface area contributed by atoms with Crippen molar-refractivity contribution in [3.8, 4) is 0 Å². The number of rotatable bonds is 8. The number of sulfonamides is 1. The van der Waals surface area contributed by atoms with Gasteiger partial charge in [0.1, 0.15) is 5.82 Å². The number of fused-ring (bicyclic) bond motifs is 1. The molecule has 0 unspecified atom stereocenters. The van der Waals surface area contributed by atoms with E-state index in [4.69, 9.17) is 0 Å². The number of allylic oxidation sites excluding steroid dienone is 1. The molecule has 1 aliphatic rings. The Morgan fingerprint density at radius 2 is 2.03 bits per heavy atom. The van der Waals surface area contributed by atoms with E-state index in [1.54, 1.807) is 18.2 Å². The summed E-state index contributed by atoms with van der Waals surface area (Å²) in [5.41, 5.74) is 2.92. The van der Waals surface area contributed by atoms with Gasteiger partial charge in [-0.25, -0.2) is 17.7 Å². The molecular weight excluding hydrogens is 388 g/mol. The average molecular weight is 419 g/mol. The van der Waals surface area contributed by atoms with Crippen LogP contribution < -0.4 is 5.32 Å². The van der Waals surface area contributed by atoms with E-state index in [1.165, 1.54) is 36.8 Å². The number of benzene rings is 1. The zero-order chi connectivity index (χ0) is 21.0. The fourth-order valence-electron chi connectivity index (χ4n) is 3.63. The average Bonchev–Trinajstić information content (AvgIpc) is 3.02. The van der Waals surface area contributed by atoms with E-state index in [2.05, 4.69) is 16.4 Å². The van der Waals surface area contributed by atoms with Crippen LogP contribution in [0.4, 0.5) is 0 Å². The van der Waals surface area contributed by atoms with E-state index in [0.717, 1.165) is 30.6 Å². The maximum absolute atomic E-state index is 12.3. The highest BCUT2D eigenvalue weighted by Crippen LogP contribution is 2.22. The summed E-state index contributed by atoms with van der Waals surface area (Å²) in [5.74, 6) is 0.786. The second-order valence-corrected chi connectivity index (χ2v) is 9.88. The number of hydrogen-bond donors (Lipinski definition) is 1. The van der Waals surface area contributed by atoms with Gasteiger partial charge in [0.25, 0.3) is 0 Å². The van der Waals surface area contributed by atoms with Gasteiger partial charge in [0.05, 0.1) is 15.9 Å². The van der Waals surface area contributed by atoms with Gasteiger partial charge in [0.15, 0.2) is 0 Å². The third-order valence-corrected chi connectivity index (χ3v) is 7.26. The maximum atomic E-state index is 12.3. The lowest BCUT2D eigenvalue weighted by atomic mass is 9.97. The van der Waals surface area contributed by atoms with Crippen LogP contribution in [0.15, 0.2) is 34.7 Å². The smallest absolute Gasteiger partial charge is 0.242 e. The van der Waals surface area contributed by atoms with Crippen LogP contribution in [0.3, 0.4) is 0 Å².